The lowest BCUT2D eigenvalue weighted by Gasteiger charge is -2.37. The van der Waals surface area contributed by atoms with Gasteiger partial charge in [0.1, 0.15) is 0 Å². The van der Waals surface area contributed by atoms with Gasteiger partial charge < -0.3 is 20.9 Å². The topological polar surface area (TPSA) is 70.5 Å². The maximum absolute atomic E-state index is 6.66. The molecule has 5 aliphatic carbocycles. The third-order valence-corrected chi connectivity index (χ3v) is 11.5. The number of benzene rings is 2. The second-order valence-electron chi connectivity index (χ2n) is 14.2. The fourth-order valence-corrected chi connectivity index (χ4v) is 9.08. The number of nitrogens with two attached hydrogens (primary N) is 2. The summed E-state index contributed by atoms with van der Waals surface area (Å²) in [6.07, 6.45) is 21.8. The molecule has 0 amide bonds. The van der Waals surface area contributed by atoms with Crippen LogP contribution >= 0.6 is 0 Å². The number of ether oxygens (including phenoxy) is 2. The molecule has 0 spiro atoms. The Hall–Kier alpha value is -1.72. The molecule has 4 saturated carbocycles. The van der Waals surface area contributed by atoms with Crippen LogP contribution in [0.15, 0.2) is 36.4 Å². The smallest absolute Gasteiger partial charge is 0.0580 e. The van der Waals surface area contributed by atoms with Crippen LogP contribution in [0.25, 0.3) is 11.1 Å². The molecular formula is C37H52N2O2. The normalized spacial score (nSPS) is 35.6. The summed E-state index contributed by atoms with van der Waals surface area (Å²) in [6.45, 7) is 0. The van der Waals surface area contributed by atoms with Crippen molar-refractivity contribution in [1.29, 1.82) is 0 Å². The number of hydrogen-bond acceptors (Lipinski definition) is 4. The van der Waals surface area contributed by atoms with Crippen LogP contribution in [-0.2, 0) is 15.9 Å². The standard InChI is InChI=1S/C37H52N2O2/c38-27-9-17-31(18-10-27)40-29-13-5-24(6-14-29)34-21-22-35-33-4-2-1-3-26(33)23-36(35)37(34)25-7-15-30(16-8-25)41-32-19-11-28(39)12-20-32/h1-4,21-22,24-25,27-32H,5-20,23,38-39H2. The van der Waals surface area contributed by atoms with E-state index in [-0.39, 0.29) is 0 Å². The third-order valence-electron chi connectivity index (χ3n) is 11.5. The van der Waals surface area contributed by atoms with Gasteiger partial charge in [-0.3, -0.25) is 0 Å². The van der Waals surface area contributed by atoms with Crippen LogP contribution in [0.1, 0.15) is 137 Å². The maximum atomic E-state index is 6.66. The molecule has 4 nitrogen and oxygen atoms in total. The van der Waals surface area contributed by atoms with Crippen LogP contribution in [0.4, 0.5) is 0 Å². The molecule has 5 aliphatic rings. The SMILES string of the molecule is NC1CCC(OC2CCC(c3ccc4c(c3C3CCC(OC5CCC(N)CC5)CC3)Cc3ccccc3-4)CC2)CC1. The summed E-state index contributed by atoms with van der Waals surface area (Å²) in [5.41, 5.74) is 21.8. The quantitative estimate of drug-likeness (QED) is 0.324. The van der Waals surface area contributed by atoms with E-state index in [0.29, 0.717) is 48.3 Å². The van der Waals surface area contributed by atoms with Crippen molar-refractivity contribution in [1.82, 2.24) is 0 Å². The predicted molar refractivity (Wildman–Crippen MR) is 167 cm³/mol. The van der Waals surface area contributed by atoms with Gasteiger partial charge in [-0.2, -0.15) is 0 Å². The van der Waals surface area contributed by atoms with E-state index in [9.17, 15) is 0 Å². The van der Waals surface area contributed by atoms with E-state index in [1.165, 1.54) is 68.1 Å². The van der Waals surface area contributed by atoms with Gasteiger partial charge in [0.15, 0.2) is 0 Å². The number of hydrogen-bond donors (Lipinski definition) is 2. The lowest BCUT2D eigenvalue weighted by molar-refractivity contribution is -0.0499. The molecule has 0 unspecified atom stereocenters. The van der Waals surface area contributed by atoms with E-state index in [0.717, 1.165) is 57.8 Å². The third kappa shape index (κ3) is 6.18. The summed E-state index contributed by atoms with van der Waals surface area (Å²) in [7, 11) is 0. The van der Waals surface area contributed by atoms with Crippen molar-refractivity contribution in [2.75, 3.05) is 0 Å². The van der Waals surface area contributed by atoms with E-state index >= 15 is 0 Å². The monoisotopic (exact) mass is 556 g/mol. The Bertz CT molecular complexity index is 1160. The molecule has 7 rings (SSSR count). The van der Waals surface area contributed by atoms with Crippen molar-refractivity contribution in [2.45, 2.75) is 157 Å². The highest BCUT2D eigenvalue weighted by molar-refractivity contribution is 5.79. The molecule has 0 heterocycles. The summed E-state index contributed by atoms with van der Waals surface area (Å²) in [5, 5.41) is 0. The number of fused-ring (bicyclic) bond motifs is 3. The van der Waals surface area contributed by atoms with Crippen LogP contribution in [0.2, 0.25) is 0 Å². The van der Waals surface area contributed by atoms with Gasteiger partial charge in [-0.1, -0.05) is 36.4 Å². The molecule has 0 atom stereocenters. The highest BCUT2D eigenvalue weighted by Crippen LogP contribution is 2.49. The number of rotatable bonds is 6. The molecule has 2 aromatic carbocycles. The van der Waals surface area contributed by atoms with Crippen LogP contribution in [0, 0.1) is 0 Å². The average Bonchev–Trinajstić information content (AvgIpc) is 3.39. The van der Waals surface area contributed by atoms with Gasteiger partial charge in [0, 0.05) is 12.1 Å². The van der Waals surface area contributed by atoms with Crippen molar-refractivity contribution in [2.24, 2.45) is 11.5 Å². The molecular weight excluding hydrogens is 504 g/mol. The Labute approximate surface area is 247 Å². The second-order valence-corrected chi connectivity index (χ2v) is 14.2. The summed E-state index contributed by atoms with van der Waals surface area (Å²) in [6, 6.07) is 14.9. The zero-order valence-electron chi connectivity index (χ0n) is 25.1. The Balaban J connectivity index is 1.06. The predicted octanol–water partition coefficient (Wildman–Crippen LogP) is 7.88. The first-order chi connectivity index (χ1) is 20.1. The van der Waals surface area contributed by atoms with E-state index < -0.39 is 0 Å². The van der Waals surface area contributed by atoms with Crippen molar-refractivity contribution in [3.05, 3.63) is 58.7 Å². The van der Waals surface area contributed by atoms with Crippen LogP contribution in [0.5, 0.6) is 0 Å². The molecule has 0 radical (unpaired) electrons. The Morgan fingerprint density at radius 1 is 0.488 bits per heavy atom. The fourth-order valence-electron chi connectivity index (χ4n) is 9.08. The lowest BCUT2D eigenvalue weighted by Crippen LogP contribution is -2.34. The molecule has 2 aromatic rings. The van der Waals surface area contributed by atoms with Gasteiger partial charge in [0.2, 0.25) is 0 Å². The zero-order chi connectivity index (χ0) is 27.8. The largest absolute Gasteiger partial charge is 0.375 e. The Morgan fingerprint density at radius 3 is 1.54 bits per heavy atom. The van der Waals surface area contributed by atoms with E-state index in [1.807, 2.05) is 0 Å². The summed E-state index contributed by atoms with van der Waals surface area (Å²) in [4.78, 5) is 0. The minimum atomic E-state index is 0.390. The van der Waals surface area contributed by atoms with Gasteiger partial charge in [-0.05, 0) is 154 Å². The lowest BCUT2D eigenvalue weighted by atomic mass is 9.72. The van der Waals surface area contributed by atoms with Gasteiger partial charge in [-0.25, -0.2) is 0 Å². The summed E-state index contributed by atoms with van der Waals surface area (Å²) in [5.74, 6) is 1.33. The maximum Gasteiger partial charge on any atom is 0.0580 e. The van der Waals surface area contributed by atoms with E-state index in [4.69, 9.17) is 20.9 Å². The fraction of sp³-hybridized carbons (Fsp3) is 0.676. The molecule has 0 saturated heterocycles. The zero-order valence-corrected chi connectivity index (χ0v) is 25.1. The first-order valence-electron chi connectivity index (χ1n) is 17.2. The van der Waals surface area contributed by atoms with E-state index in [1.54, 1.807) is 16.7 Å². The minimum absolute atomic E-state index is 0.390. The molecule has 41 heavy (non-hydrogen) atoms. The first-order valence-corrected chi connectivity index (χ1v) is 17.2. The van der Waals surface area contributed by atoms with Crippen molar-refractivity contribution in [3.8, 4) is 11.1 Å². The van der Waals surface area contributed by atoms with Gasteiger partial charge in [0.05, 0.1) is 24.4 Å². The summed E-state index contributed by atoms with van der Waals surface area (Å²) < 4.78 is 13.3. The van der Waals surface area contributed by atoms with Crippen molar-refractivity contribution >= 4 is 0 Å². The Morgan fingerprint density at radius 2 is 0.976 bits per heavy atom. The molecule has 0 aliphatic heterocycles. The average molecular weight is 557 g/mol. The second kappa shape index (κ2) is 12.5. The summed E-state index contributed by atoms with van der Waals surface area (Å²) >= 11 is 0. The first kappa shape index (κ1) is 28.1. The highest BCUT2D eigenvalue weighted by atomic mass is 16.5. The molecule has 0 aromatic heterocycles. The molecule has 4 fully saturated rings. The highest BCUT2D eigenvalue weighted by Gasteiger charge is 2.35. The Kier molecular flexibility index (Phi) is 8.55. The van der Waals surface area contributed by atoms with Crippen LogP contribution in [-0.4, -0.2) is 36.5 Å². The van der Waals surface area contributed by atoms with E-state index in [2.05, 4.69) is 36.4 Å². The van der Waals surface area contributed by atoms with Crippen LogP contribution < -0.4 is 11.5 Å². The van der Waals surface area contributed by atoms with Crippen LogP contribution in [0.3, 0.4) is 0 Å². The molecule has 222 valence electrons. The van der Waals surface area contributed by atoms with Gasteiger partial charge >= 0.3 is 0 Å². The van der Waals surface area contributed by atoms with Gasteiger partial charge in [0.25, 0.3) is 0 Å². The van der Waals surface area contributed by atoms with Crippen molar-refractivity contribution < 1.29 is 9.47 Å². The molecule has 4 N–H and O–H groups in total. The minimum Gasteiger partial charge on any atom is -0.375 e. The van der Waals surface area contributed by atoms with Crippen molar-refractivity contribution in [3.63, 3.8) is 0 Å². The van der Waals surface area contributed by atoms with Gasteiger partial charge in [-0.15, -0.1) is 0 Å². The molecule has 4 heteroatoms. The molecule has 0 bridgehead atoms.